The maximum Gasteiger partial charge on any atom is 0.0547 e. The van der Waals surface area contributed by atoms with Crippen LogP contribution in [0.1, 0.15) is 79.3 Å². The van der Waals surface area contributed by atoms with Crippen LogP contribution in [0.25, 0.3) is 55.3 Å². The lowest BCUT2D eigenvalue weighted by molar-refractivity contribution is 0.604. The molecule has 0 spiro atoms. The van der Waals surface area contributed by atoms with E-state index >= 15 is 0 Å². The maximum atomic E-state index is 5.45. The molecule has 1 aliphatic carbocycles. The monoisotopic (exact) mass is 765 g/mol. The van der Waals surface area contributed by atoms with Gasteiger partial charge in [0.05, 0.1) is 11.0 Å². The summed E-state index contributed by atoms with van der Waals surface area (Å²) in [7, 11) is 0. The third kappa shape index (κ3) is 7.57. The van der Waals surface area contributed by atoms with Crippen LogP contribution in [0, 0.1) is 33.1 Å². The van der Waals surface area contributed by atoms with Crippen LogP contribution in [-0.2, 0) is 11.8 Å². The van der Waals surface area contributed by atoms with Gasteiger partial charge in [-0.05, 0) is 168 Å². The molecule has 1 heterocycles. The van der Waals surface area contributed by atoms with Gasteiger partial charge in [-0.1, -0.05) is 142 Å². The average Bonchev–Trinajstić information content (AvgIpc) is 3.68. The summed E-state index contributed by atoms with van der Waals surface area (Å²) in [6, 6.07) is 47.5. The third-order valence-electron chi connectivity index (χ3n) is 12.9. The molecular formula is C58H55N. The zero-order chi connectivity index (χ0) is 41.3. The number of para-hydroxylation sites is 1. The van der Waals surface area contributed by atoms with Gasteiger partial charge >= 0.3 is 0 Å². The predicted octanol–water partition coefficient (Wildman–Crippen LogP) is 15.6. The van der Waals surface area contributed by atoms with E-state index in [9.17, 15) is 0 Å². The van der Waals surface area contributed by atoms with Crippen LogP contribution in [0.5, 0.6) is 0 Å². The van der Waals surface area contributed by atoms with Crippen molar-refractivity contribution in [3.05, 3.63) is 203 Å². The summed E-state index contributed by atoms with van der Waals surface area (Å²) >= 11 is 0. The van der Waals surface area contributed by atoms with Crippen LogP contribution >= 0.6 is 0 Å². The Morgan fingerprint density at radius 3 is 2.10 bits per heavy atom. The summed E-state index contributed by atoms with van der Waals surface area (Å²) in [4.78, 5) is 0. The molecule has 1 aromatic heterocycles. The van der Waals surface area contributed by atoms with Crippen molar-refractivity contribution in [1.82, 2.24) is 4.57 Å². The zero-order valence-corrected chi connectivity index (χ0v) is 35.5. The van der Waals surface area contributed by atoms with Crippen LogP contribution in [-0.4, -0.2) is 4.57 Å². The minimum absolute atomic E-state index is 0.00662. The molecule has 0 saturated carbocycles. The van der Waals surface area contributed by atoms with Crippen LogP contribution in [0.4, 0.5) is 0 Å². The molecule has 8 rings (SSSR count). The number of rotatable bonds is 13. The lowest BCUT2D eigenvalue weighted by Gasteiger charge is -2.25. The highest BCUT2D eigenvalue weighted by atomic mass is 15.0. The van der Waals surface area contributed by atoms with Gasteiger partial charge in [0.15, 0.2) is 0 Å². The molecule has 0 atom stereocenters. The van der Waals surface area contributed by atoms with E-state index in [-0.39, 0.29) is 5.41 Å². The first kappa shape index (κ1) is 39.5. The lowest BCUT2D eigenvalue weighted by Crippen LogP contribution is -2.17. The molecule has 0 N–H and O–H groups in total. The number of hydrogen-bond donors (Lipinski definition) is 0. The summed E-state index contributed by atoms with van der Waals surface area (Å²) in [6.45, 7) is 20.0. The van der Waals surface area contributed by atoms with E-state index in [0.717, 1.165) is 49.7 Å². The van der Waals surface area contributed by atoms with Crippen molar-refractivity contribution in [2.75, 3.05) is 0 Å². The van der Waals surface area contributed by atoms with Gasteiger partial charge in [-0.3, -0.25) is 0 Å². The first-order chi connectivity index (χ1) is 28.6. The molecule has 1 heteroatoms. The zero-order valence-electron chi connectivity index (χ0n) is 35.5. The molecule has 59 heavy (non-hydrogen) atoms. The average molecular weight is 766 g/mol. The Balaban J connectivity index is 1.03. The number of nitrogens with zero attached hydrogens (tertiary/aromatic N) is 1. The molecule has 292 valence electrons. The smallest absolute Gasteiger partial charge is 0.0547 e. The van der Waals surface area contributed by atoms with E-state index in [2.05, 4.69) is 186 Å². The van der Waals surface area contributed by atoms with Crippen molar-refractivity contribution in [2.24, 2.45) is 0 Å². The van der Waals surface area contributed by atoms with Gasteiger partial charge in [0, 0.05) is 21.9 Å². The summed E-state index contributed by atoms with van der Waals surface area (Å²) in [5, 5.41) is 2.56. The van der Waals surface area contributed by atoms with E-state index in [1.807, 2.05) is 6.08 Å². The quantitative estimate of drug-likeness (QED) is 0.0626. The molecule has 0 radical (unpaired) electrons. The summed E-state index contributed by atoms with van der Waals surface area (Å²) < 4.78 is 2.46. The fourth-order valence-electron chi connectivity index (χ4n) is 9.61. The Hall–Kier alpha value is -6.36. The highest BCUT2D eigenvalue weighted by Crippen LogP contribution is 2.50. The molecule has 0 saturated heterocycles. The van der Waals surface area contributed by atoms with Gasteiger partial charge in [-0.25, -0.2) is 0 Å². The predicted molar refractivity (Wildman–Crippen MR) is 255 cm³/mol. The van der Waals surface area contributed by atoms with Crippen LogP contribution in [0.3, 0.4) is 0 Å². The largest absolute Gasteiger partial charge is 0.309 e. The first-order valence-electron chi connectivity index (χ1n) is 21.2. The van der Waals surface area contributed by atoms with Crippen molar-refractivity contribution in [1.29, 1.82) is 0 Å². The number of allylic oxidation sites excluding steroid dienone is 6. The number of fused-ring (bicyclic) bond motifs is 4. The van der Waals surface area contributed by atoms with E-state index < -0.39 is 0 Å². The standard InChI is InChI=1S/C58H55N/c1-9-10-19-39(2)40(3)28-35-55-51(50-24-15-17-26-54(50)58(55,7)8)23-14-12-21-44-29-32-47(37-42(44)5)59-56-27-18-16-25-52(56)53-34-31-46(38-57(53)59)45-30-33-49(43(6)36-45)48-22-13-11-20-41(48)4/h1,10-11,13,15-20,22,24-27,29-34,36-38H,2-3,12,14,21,23,28,35H2,4-8H3/b19-10-. The second-order valence-corrected chi connectivity index (χ2v) is 17.0. The number of aryl methyl sites for hydroxylation is 4. The fraction of sp³-hybridized carbons (Fsp3) is 0.207. The minimum Gasteiger partial charge on any atom is -0.309 e. The van der Waals surface area contributed by atoms with Crippen molar-refractivity contribution >= 4 is 27.4 Å². The van der Waals surface area contributed by atoms with Crippen molar-refractivity contribution in [3.63, 3.8) is 0 Å². The van der Waals surface area contributed by atoms with Crippen LogP contribution in [0.15, 0.2) is 169 Å². The molecule has 0 amide bonds. The SMILES string of the molecule is C#C/C=C\C(=C)C(=C)CCC1=C(CCCCc2ccc(-n3c4ccccc4c4ccc(-c5ccc(-c6ccccc6C)c(C)c5)cc43)cc2C)c2ccccc2C1(C)C. The van der Waals surface area contributed by atoms with Crippen molar-refractivity contribution in [3.8, 4) is 40.3 Å². The van der Waals surface area contributed by atoms with E-state index in [4.69, 9.17) is 6.42 Å². The molecule has 0 fully saturated rings. The molecule has 0 bridgehead atoms. The first-order valence-corrected chi connectivity index (χ1v) is 21.2. The van der Waals surface area contributed by atoms with Gasteiger partial charge in [-0.2, -0.15) is 0 Å². The lowest BCUT2D eigenvalue weighted by atomic mass is 9.78. The maximum absolute atomic E-state index is 5.45. The molecule has 0 unspecified atom stereocenters. The summed E-state index contributed by atoms with van der Waals surface area (Å²) in [5.41, 5.74) is 22.0. The van der Waals surface area contributed by atoms with Crippen molar-refractivity contribution in [2.45, 2.75) is 78.6 Å². The normalized spacial score (nSPS) is 13.4. The Kier molecular flexibility index (Phi) is 11.0. The molecule has 1 aliphatic rings. The van der Waals surface area contributed by atoms with Crippen molar-refractivity contribution < 1.29 is 0 Å². The number of hydrogen-bond acceptors (Lipinski definition) is 0. The second kappa shape index (κ2) is 16.5. The third-order valence-corrected chi connectivity index (χ3v) is 12.9. The number of terminal acetylenes is 1. The van der Waals surface area contributed by atoms with E-state index in [1.54, 1.807) is 6.08 Å². The minimum atomic E-state index is -0.00662. The highest BCUT2D eigenvalue weighted by Gasteiger charge is 2.36. The Bertz CT molecular complexity index is 2870. The molecule has 6 aromatic carbocycles. The van der Waals surface area contributed by atoms with Gasteiger partial charge in [0.1, 0.15) is 0 Å². The Morgan fingerprint density at radius 2 is 1.32 bits per heavy atom. The van der Waals surface area contributed by atoms with Gasteiger partial charge in [0.25, 0.3) is 0 Å². The molecule has 0 aliphatic heterocycles. The molecule has 1 nitrogen and oxygen atoms in total. The summed E-state index contributed by atoms with van der Waals surface area (Å²) in [6.07, 6.45) is 15.3. The number of unbranched alkanes of at least 4 members (excludes halogenated alkanes) is 1. The Labute approximate surface area is 352 Å². The van der Waals surface area contributed by atoms with E-state index in [0.29, 0.717) is 0 Å². The topological polar surface area (TPSA) is 4.93 Å². The van der Waals surface area contributed by atoms with Gasteiger partial charge in [0.2, 0.25) is 0 Å². The fourth-order valence-corrected chi connectivity index (χ4v) is 9.61. The number of benzene rings is 6. The number of aromatic nitrogens is 1. The van der Waals surface area contributed by atoms with E-state index in [1.165, 1.54) is 94.3 Å². The van der Waals surface area contributed by atoms with Crippen LogP contribution < -0.4 is 0 Å². The second-order valence-electron chi connectivity index (χ2n) is 17.0. The highest BCUT2D eigenvalue weighted by molar-refractivity contribution is 6.10. The van der Waals surface area contributed by atoms with Gasteiger partial charge in [-0.15, -0.1) is 6.42 Å². The molecular weight excluding hydrogens is 711 g/mol. The Morgan fingerprint density at radius 1 is 0.644 bits per heavy atom. The molecule has 7 aromatic rings. The van der Waals surface area contributed by atoms with Crippen LogP contribution in [0.2, 0.25) is 0 Å². The van der Waals surface area contributed by atoms with Gasteiger partial charge < -0.3 is 4.57 Å². The summed E-state index contributed by atoms with van der Waals surface area (Å²) in [5.74, 6) is 2.57.